The van der Waals surface area contributed by atoms with Crippen LogP contribution >= 0.6 is 0 Å². The fourth-order valence-corrected chi connectivity index (χ4v) is 3.70. The second kappa shape index (κ2) is 8.82. The molecule has 1 saturated heterocycles. The highest BCUT2D eigenvalue weighted by Crippen LogP contribution is 2.28. The zero-order valence-electron chi connectivity index (χ0n) is 17.6. The van der Waals surface area contributed by atoms with E-state index in [0.717, 1.165) is 43.3 Å². The van der Waals surface area contributed by atoms with Crippen molar-refractivity contribution in [2.24, 2.45) is 0 Å². The van der Waals surface area contributed by atoms with Crippen molar-refractivity contribution in [2.45, 2.75) is 71.4 Å². The van der Waals surface area contributed by atoms with Crippen LogP contribution in [0.15, 0.2) is 24.5 Å². The van der Waals surface area contributed by atoms with Gasteiger partial charge in [0.1, 0.15) is 11.6 Å². The van der Waals surface area contributed by atoms with Gasteiger partial charge >= 0.3 is 0 Å². The van der Waals surface area contributed by atoms with Crippen molar-refractivity contribution in [3.63, 3.8) is 0 Å². The van der Waals surface area contributed by atoms with Gasteiger partial charge in [-0.25, -0.2) is 14.6 Å². The minimum Gasteiger partial charge on any atom is -0.310 e. The molecule has 7 heteroatoms. The number of nitrogens with one attached hydrogen (secondary N) is 1. The number of hydrogen-bond acceptors (Lipinski definition) is 5. The Labute approximate surface area is 167 Å². The standard InChI is InChI=1S/C21H32N6O/c1-14(2)20-22-10-6-18(24-20)17-8-12-26(13-9-17)16(5)21(28)25-19-7-11-23-27(19)15(3)4/h6-7,10-11,14-17H,8-9,12-13H2,1-5H3,(H,25,28)/t16-/m1/s1. The number of amides is 1. The molecule has 0 radical (unpaired) electrons. The molecule has 1 atom stereocenters. The van der Waals surface area contributed by atoms with Gasteiger partial charge in [0.2, 0.25) is 5.91 Å². The van der Waals surface area contributed by atoms with E-state index in [2.05, 4.69) is 48.0 Å². The van der Waals surface area contributed by atoms with Gasteiger partial charge in [0.05, 0.1) is 12.2 Å². The van der Waals surface area contributed by atoms with Gasteiger partial charge in [-0.3, -0.25) is 9.69 Å². The quantitative estimate of drug-likeness (QED) is 0.824. The number of hydrogen-bond donors (Lipinski definition) is 1. The van der Waals surface area contributed by atoms with E-state index in [-0.39, 0.29) is 18.0 Å². The molecule has 0 unspecified atom stereocenters. The number of carbonyl (C=O) groups excluding carboxylic acids is 1. The lowest BCUT2D eigenvalue weighted by Gasteiger charge is -2.35. The van der Waals surface area contributed by atoms with Gasteiger partial charge in [0, 0.05) is 35.8 Å². The molecule has 3 heterocycles. The predicted molar refractivity (Wildman–Crippen MR) is 110 cm³/mol. The largest absolute Gasteiger partial charge is 0.310 e. The minimum atomic E-state index is -0.173. The van der Waals surface area contributed by atoms with Gasteiger partial charge in [-0.2, -0.15) is 5.10 Å². The molecular weight excluding hydrogens is 352 g/mol. The number of piperidine rings is 1. The summed E-state index contributed by atoms with van der Waals surface area (Å²) in [5.41, 5.74) is 1.14. The van der Waals surface area contributed by atoms with Gasteiger partial charge < -0.3 is 5.32 Å². The normalized spacial score (nSPS) is 17.2. The molecule has 2 aromatic heterocycles. The number of anilines is 1. The number of nitrogens with zero attached hydrogens (tertiary/aromatic N) is 5. The second-order valence-corrected chi connectivity index (χ2v) is 8.22. The molecule has 2 aromatic rings. The van der Waals surface area contributed by atoms with Crippen molar-refractivity contribution in [1.82, 2.24) is 24.6 Å². The van der Waals surface area contributed by atoms with E-state index in [1.165, 1.54) is 0 Å². The third-order valence-corrected chi connectivity index (χ3v) is 5.50. The lowest BCUT2D eigenvalue weighted by atomic mass is 9.92. The average Bonchev–Trinajstić information content (AvgIpc) is 3.16. The first-order valence-electron chi connectivity index (χ1n) is 10.3. The Morgan fingerprint density at radius 3 is 2.46 bits per heavy atom. The van der Waals surface area contributed by atoms with E-state index in [4.69, 9.17) is 4.98 Å². The molecule has 1 fully saturated rings. The number of likely N-dealkylation sites (tertiary alicyclic amines) is 1. The summed E-state index contributed by atoms with van der Waals surface area (Å²) in [6.07, 6.45) is 5.61. The van der Waals surface area contributed by atoms with Crippen LogP contribution < -0.4 is 5.32 Å². The molecule has 3 rings (SSSR count). The molecule has 0 bridgehead atoms. The van der Waals surface area contributed by atoms with E-state index in [9.17, 15) is 4.79 Å². The van der Waals surface area contributed by atoms with E-state index in [1.807, 2.05) is 29.9 Å². The van der Waals surface area contributed by atoms with Crippen LogP contribution in [0.2, 0.25) is 0 Å². The van der Waals surface area contributed by atoms with Gasteiger partial charge in [0.15, 0.2) is 0 Å². The SMILES string of the molecule is CC(C)c1nccc(C2CCN([C@H](C)C(=O)Nc3ccnn3C(C)C)CC2)n1. The molecule has 1 N–H and O–H groups in total. The van der Waals surface area contributed by atoms with E-state index in [1.54, 1.807) is 6.20 Å². The monoisotopic (exact) mass is 384 g/mol. The number of rotatable bonds is 6. The molecule has 28 heavy (non-hydrogen) atoms. The first kappa shape index (κ1) is 20.5. The molecule has 1 aliphatic rings. The highest BCUT2D eigenvalue weighted by atomic mass is 16.2. The van der Waals surface area contributed by atoms with Gasteiger partial charge in [-0.05, 0) is 52.8 Å². The van der Waals surface area contributed by atoms with Gasteiger partial charge in [0.25, 0.3) is 0 Å². The lowest BCUT2D eigenvalue weighted by Crippen LogP contribution is -2.46. The summed E-state index contributed by atoms with van der Waals surface area (Å²) < 4.78 is 1.83. The van der Waals surface area contributed by atoms with Crippen molar-refractivity contribution < 1.29 is 4.79 Å². The summed E-state index contributed by atoms with van der Waals surface area (Å²) in [6, 6.07) is 3.92. The Bertz CT molecular complexity index is 792. The van der Waals surface area contributed by atoms with Crippen LogP contribution in [0.1, 0.15) is 76.9 Å². The number of carbonyl (C=O) groups is 1. The lowest BCUT2D eigenvalue weighted by molar-refractivity contribution is -0.121. The molecule has 1 amide bonds. The highest BCUT2D eigenvalue weighted by molar-refractivity contribution is 5.93. The van der Waals surface area contributed by atoms with Crippen LogP contribution in [0.25, 0.3) is 0 Å². The van der Waals surface area contributed by atoms with Crippen LogP contribution in [0, 0.1) is 0 Å². The molecule has 0 spiro atoms. The van der Waals surface area contributed by atoms with Crippen LogP contribution in [-0.4, -0.2) is 49.7 Å². The van der Waals surface area contributed by atoms with E-state index < -0.39 is 0 Å². The smallest absolute Gasteiger partial charge is 0.242 e. The Morgan fingerprint density at radius 1 is 1.11 bits per heavy atom. The maximum Gasteiger partial charge on any atom is 0.242 e. The second-order valence-electron chi connectivity index (χ2n) is 8.22. The van der Waals surface area contributed by atoms with Crippen molar-refractivity contribution in [2.75, 3.05) is 18.4 Å². The summed E-state index contributed by atoms with van der Waals surface area (Å²) in [6.45, 7) is 12.1. The maximum absolute atomic E-state index is 12.7. The first-order valence-corrected chi connectivity index (χ1v) is 10.3. The maximum atomic E-state index is 12.7. The molecule has 0 saturated carbocycles. The van der Waals surface area contributed by atoms with Gasteiger partial charge in [-0.1, -0.05) is 13.8 Å². The van der Waals surface area contributed by atoms with Crippen LogP contribution in [0.4, 0.5) is 5.82 Å². The molecule has 1 aliphatic heterocycles. The molecule has 7 nitrogen and oxygen atoms in total. The summed E-state index contributed by atoms with van der Waals surface area (Å²) in [5, 5.41) is 7.31. The van der Waals surface area contributed by atoms with Gasteiger partial charge in [-0.15, -0.1) is 0 Å². The predicted octanol–water partition coefficient (Wildman–Crippen LogP) is 3.58. The molecule has 0 aliphatic carbocycles. The highest BCUT2D eigenvalue weighted by Gasteiger charge is 2.28. The van der Waals surface area contributed by atoms with Crippen molar-refractivity contribution in [1.29, 1.82) is 0 Å². The Kier molecular flexibility index (Phi) is 6.44. The van der Waals surface area contributed by atoms with Crippen LogP contribution in [-0.2, 0) is 4.79 Å². The zero-order chi connectivity index (χ0) is 20.3. The summed E-state index contributed by atoms with van der Waals surface area (Å²) >= 11 is 0. The number of aromatic nitrogens is 4. The summed E-state index contributed by atoms with van der Waals surface area (Å²) in [4.78, 5) is 24.1. The fourth-order valence-electron chi connectivity index (χ4n) is 3.70. The molecular formula is C21H32N6O. The molecule has 0 aromatic carbocycles. The topological polar surface area (TPSA) is 75.9 Å². The molecule has 152 valence electrons. The summed E-state index contributed by atoms with van der Waals surface area (Å²) in [5.74, 6) is 2.46. The van der Waals surface area contributed by atoms with Crippen LogP contribution in [0.3, 0.4) is 0 Å². The first-order chi connectivity index (χ1) is 13.4. The third-order valence-electron chi connectivity index (χ3n) is 5.50. The zero-order valence-corrected chi connectivity index (χ0v) is 17.6. The Morgan fingerprint density at radius 2 is 1.82 bits per heavy atom. The van der Waals surface area contributed by atoms with Crippen LogP contribution in [0.5, 0.6) is 0 Å². The Hall–Kier alpha value is -2.28. The van der Waals surface area contributed by atoms with E-state index in [0.29, 0.717) is 11.8 Å². The van der Waals surface area contributed by atoms with Crippen molar-refractivity contribution in [3.8, 4) is 0 Å². The minimum absolute atomic E-state index is 0.0185. The fraction of sp³-hybridized carbons (Fsp3) is 0.619. The van der Waals surface area contributed by atoms with E-state index >= 15 is 0 Å². The average molecular weight is 385 g/mol. The van der Waals surface area contributed by atoms with Crippen molar-refractivity contribution in [3.05, 3.63) is 36.0 Å². The Balaban J connectivity index is 1.57. The third kappa shape index (κ3) is 4.58. The van der Waals surface area contributed by atoms with Crippen molar-refractivity contribution >= 4 is 11.7 Å². The summed E-state index contributed by atoms with van der Waals surface area (Å²) in [7, 11) is 0.